The number of nitrogens with two attached hydrogens (primary N) is 2. The maximum absolute atomic E-state index is 9.22. The van der Waals surface area contributed by atoms with Crippen LogP contribution in [0, 0.1) is 11.3 Å². The summed E-state index contributed by atoms with van der Waals surface area (Å²) >= 11 is 0. The Hall–Kier alpha value is -2.81. The number of nitrogen functional groups attached to an aromatic ring is 2. The molecule has 2 heterocycles. The summed E-state index contributed by atoms with van der Waals surface area (Å²) in [5.41, 5.74) is 14.1. The normalized spacial score (nSPS) is 14.1. The molecule has 1 aliphatic heterocycles. The second-order valence-corrected chi connectivity index (χ2v) is 5.04. The molecule has 1 aromatic heterocycles. The maximum Gasteiger partial charge on any atom is 0.222 e. The lowest BCUT2D eigenvalue weighted by molar-refractivity contribution is 0.949. The fourth-order valence-electron chi connectivity index (χ4n) is 2.62. The SMILES string of the molecule is N#Cc1c(N)nc(N)nc1-c1ccc(N2CCCC2)cc1. The van der Waals surface area contributed by atoms with Crippen LogP contribution in [0.25, 0.3) is 11.3 Å². The topological polar surface area (TPSA) is 105 Å². The number of nitriles is 1. The van der Waals surface area contributed by atoms with Crippen LogP contribution < -0.4 is 16.4 Å². The summed E-state index contributed by atoms with van der Waals surface area (Å²) in [4.78, 5) is 10.3. The number of anilines is 3. The molecule has 6 nitrogen and oxygen atoms in total. The molecule has 1 aromatic carbocycles. The Morgan fingerprint density at radius 1 is 1.05 bits per heavy atom. The number of hydrogen-bond acceptors (Lipinski definition) is 6. The van der Waals surface area contributed by atoms with E-state index in [4.69, 9.17) is 11.5 Å². The predicted octanol–water partition coefficient (Wildman–Crippen LogP) is 1.78. The Bertz CT molecular complexity index is 695. The zero-order valence-electron chi connectivity index (χ0n) is 11.6. The first-order valence-corrected chi connectivity index (χ1v) is 6.87. The minimum Gasteiger partial charge on any atom is -0.382 e. The molecule has 0 saturated carbocycles. The molecule has 106 valence electrons. The third-order valence-electron chi connectivity index (χ3n) is 3.68. The standard InChI is InChI=1S/C15H16N6/c16-9-12-13(19-15(18)20-14(12)17)10-3-5-11(6-4-10)21-7-1-2-8-21/h3-6H,1-2,7-8H2,(H4,17,18,19,20). The van der Waals surface area contributed by atoms with E-state index < -0.39 is 0 Å². The van der Waals surface area contributed by atoms with Crippen molar-refractivity contribution in [1.29, 1.82) is 5.26 Å². The Balaban J connectivity index is 1.99. The van der Waals surface area contributed by atoms with Crippen LogP contribution >= 0.6 is 0 Å². The van der Waals surface area contributed by atoms with Gasteiger partial charge in [0.15, 0.2) is 0 Å². The average Bonchev–Trinajstić information content (AvgIpc) is 3.01. The second kappa shape index (κ2) is 5.29. The number of aromatic nitrogens is 2. The highest BCUT2D eigenvalue weighted by atomic mass is 15.1. The van der Waals surface area contributed by atoms with E-state index in [1.54, 1.807) is 0 Å². The molecule has 21 heavy (non-hydrogen) atoms. The number of hydrogen-bond donors (Lipinski definition) is 2. The molecule has 0 radical (unpaired) electrons. The Morgan fingerprint density at radius 2 is 1.71 bits per heavy atom. The molecule has 0 aliphatic carbocycles. The van der Waals surface area contributed by atoms with E-state index in [2.05, 4.69) is 14.9 Å². The van der Waals surface area contributed by atoms with Crippen LogP contribution in [0.5, 0.6) is 0 Å². The Morgan fingerprint density at radius 3 is 2.33 bits per heavy atom. The zero-order chi connectivity index (χ0) is 14.8. The van der Waals surface area contributed by atoms with Crippen LogP contribution in [-0.4, -0.2) is 23.1 Å². The lowest BCUT2D eigenvalue weighted by Crippen LogP contribution is -2.17. The van der Waals surface area contributed by atoms with E-state index in [-0.39, 0.29) is 17.3 Å². The molecule has 0 bridgehead atoms. The summed E-state index contributed by atoms with van der Waals surface area (Å²) in [7, 11) is 0. The van der Waals surface area contributed by atoms with E-state index in [0.29, 0.717) is 5.69 Å². The van der Waals surface area contributed by atoms with Gasteiger partial charge in [-0.2, -0.15) is 10.2 Å². The van der Waals surface area contributed by atoms with Crippen molar-refractivity contribution in [2.75, 3.05) is 29.5 Å². The van der Waals surface area contributed by atoms with Gasteiger partial charge in [0.25, 0.3) is 0 Å². The highest BCUT2D eigenvalue weighted by Gasteiger charge is 2.15. The minimum atomic E-state index is 0.0742. The molecule has 1 saturated heterocycles. The van der Waals surface area contributed by atoms with Gasteiger partial charge in [0, 0.05) is 24.3 Å². The highest BCUT2D eigenvalue weighted by Crippen LogP contribution is 2.28. The van der Waals surface area contributed by atoms with Gasteiger partial charge in [0.1, 0.15) is 17.5 Å². The van der Waals surface area contributed by atoms with E-state index in [1.807, 2.05) is 30.3 Å². The Labute approximate surface area is 123 Å². The van der Waals surface area contributed by atoms with Crippen molar-refractivity contribution in [3.05, 3.63) is 29.8 Å². The van der Waals surface area contributed by atoms with E-state index >= 15 is 0 Å². The lowest BCUT2D eigenvalue weighted by atomic mass is 10.1. The average molecular weight is 280 g/mol. The monoisotopic (exact) mass is 280 g/mol. The molecule has 1 fully saturated rings. The molecule has 6 heteroatoms. The lowest BCUT2D eigenvalue weighted by Gasteiger charge is -2.17. The predicted molar refractivity (Wildman–Crippen MR) is 82.5 cm³/mol. The van der Waals surface area contributed by atoms with Crippen LogP contribution in [0.15, 0.2) is 24.3 Å². The van der Waals surface area contributed by atoms with Crippen molar-refractivity contribution in [1.82, 2.24) is 9.97 Å². The van der Waals surface area contributed by atoms with Crippen molar-refractivity contribution < 1.29 is 0 Å². The molecule has 2 aromatic rings. The van der Waals surface area contributed by atoms with Crippen molar-refractivity contribution in [2.45, 2.75) is 12.8 Å². The van der Waals surface area contributed by atoms with E-state index in [9.17, 15) is 5.26 Å². The summed E-state index contributed by atoms with van der Waals surface area (Å²) in [5, 5.41) is 9.22. The smallest absolute Gasteiger partial charge is 0.222 e. The minimum absolute atomic E-state index is 0.0742. The summed E-state index contributed by atoms with van der Waals surface area (Å²) in [6.45, 7) is 2.19. The summed E-state index contributed by atoms with van der Waals surface area (Å²) in [5.74, 6) is 0.189. The third-order valence-corrected chi connectivity index (χ3v) is 3.68. The van der Waals surface area contributed by atoms with Gasteiger partial charge in [-0.3, -0.25) is 0 Å². The molecule has 3 rings (SSSR count). The molecule has 1 aliphatic rings. The number of benzene rings is 1. The zero-order valence-corrected chi connectivity index (χ0v) is 11.6. The van der Waals surface area contributed by atoms with Crippen LogP contribution in [0.4, 0.5) is 17.5 Å². The maximum atomic E-state index is 9.22. The second-order valence-electron chi connectivity index (χ2n) is 5.04. The van der Waals surface area contributed by atoms with Crippen molar-refractivity contribution in [2.24, 2.45) is 0 Å². The largest absolute Gasteiger partial charge is 0.382 e. The Kier molecular flexibility index (Phi) is 3.32. The van der Waals surface area contributed by atoms with E-state index in [0.717, 1.165) is 18.7 Å². The third kappa shape index (κ3) is 2.46. The van der Waals surface area contributed by atoms with Crippen LogP contribution in [0.2, 0.25) is 0 Å². The molecule has 0 amide bonds. The first kappa shape index (κ1) is 13.2. The first-order chi connectivity index (χ1) is 10.2. The van der Waals surface area contributed by atoms with Gasteiger partial charge >= 0.3 is 0 Å². The molecule has 0 unspecified atom stereocenters. The molecular formula is C15H16N6. The van der Waals surface area contributed by atoms with Crippen LogP contribution in [-0.2, 0) is 0 Å². The van der Waals surface area contributed by atoms with Gasteiger partial charge in [-0.25, -0.2) is 4.98 Å². The molecule has 0 spiro atoms. The van der Waals surface area contributed by atoms with Crippen molar-refractivity contribution >= 4 is 17.5 Å². The molecule has 0 atom stereocenters. The highest BCUT2D eigenvalue weighted by molar-refractivity contribution is 5.74. The molecule has 4 N–H and O–H groups in total. The summed E-state index contributed by atoms with van der Waals surface area (Å²) in [6, 6.07) is 10.00. The summed E-state index contributed by atoms with van der Waals surface area (Å²) in [6.07, 6.45) is 2.47. The van der Waals surface area contributed by atoms with Crippen LogP contribution in [0.1, 0.15) is 18.4 Å². The fraction of sp³-hybridized carbons (Fsp3) is 0.267. The number of rotatable bonds is 2. The first-order valence-electron chi connectivity index (χ1n) is 6.87. The number of nitrogens with zero attached hydrogens (tertiary/aromatic N) is 4. The molecular weight excluding hydrogens is 264 g/mol. The van der Waals surface area contributed by atoms with Gasteiger partial charge in [-0.1, -0.05) is 12.1 Å². The van der Waals surface area contributed by atoms with Gasteiger partial charge in [-0.05, 0) is 25.0 Å². The van der Waals surface area contributed by atoms with Gasteiger partial charge < -0.3 is 16.4 Å². The summed E-state index contributed by atoms with van der Waals surface area (Å²) < 4.78 is 0. The quantitative estimate of drug-likeness (QED) is 0.868. The van der Waals surface area contributed by atoms with Crippen LogP contribution in [0.3, 0.4) is 0 Å². The van der Waals surface area contributed by atoms with E-state index in [1.165, 1.54) is 18.5 Å². The fourth-order valence-corrected chi connectivity index (χ4v) is 2.62. The van der Waals surface area contributed by atoms with Gasteiger partial charge in [-0.15, -0.1) is 0 Å². The van der Waals surface area contributed by atoms with Gasteiger partial charge in [0.05, 0.1) is 5.69 Å². The van der Waals surface area contributed by atoms with Crippen molar-refractivity contribution in [3.8, 4) is 17.3 Å². The van der Waals surface area contributed by atoms with Gasteiger partial charge in [0.2, 0.25) is 5.95 Å². The van der Waals surface area contributed by atoms with Crippen molar-refractivity contribution in [3.63, 3.8) is 0 Å².